The van der Waals surface area contributed by atoms with Crippen molar-refractivity contribution in [1.29, 1.82) is 0 Å². The van der Waals surface area contributed by atoms with Crippen LogP contribution in [0, 0.1) is 5.82 Å². The molecular weight excluding hydrogens is 437 g/mol. The summed E-state index contributed by atoms with van der Waals surface area (Å²) in [5, 5.41) is 2.54. The van der Waals surface area contributed by atoms with E-state index >= 15 is 0 Å². The van der Waals surface area contributed by atoms with E-state index in [4.69, 9.17) is 4.74 Å². The lowest BCUT2D eigenvalue weighted by Crippen LogP contribution is -2.51. The van der Waals surface area contributed by atoms with Crippen molar-refractivity contribution < 1.29 is 27.1 Å². The van der Waals surface area contributed by atoms with Gasteiger partial charge in [-0.1, -0.05) is 31.2 Å². The standard InChI is InChI=1S/C22H28FN3O5S/c1-5-19(22(28)24-2)25(14-16-10-12-17(31-3)13-11-16)21(27)15-26(32(4,29)30)20-9-7-6-8-18(20)23/h6-13,19H,5,14-15H2,1-4H3,(H,24,28)/t19-/m0/s1. The normalized spacial score (nSPS) is 12.0. The molecule has 0 radical (unpaired) electrons. The second-order valence-electron chi connectivity index (χ2n) is 7.13. The molecule has 2 amide bonds. The van der Waals surface area contributed by atoms with Gasteiger partial charge in [-0.25, -0.2) is 12.8 Å². The van der Waals surface area contributed by atoms with Gasteiger partial charge in [-0.05, 0) is 36.2 Å². The predicted molar refractivity (Wildman–Crippen MR) is 120 cm³/mol. The van der Waals surface area contributed by atoms with Crippen molar-refractivity contribution in [2.24, 2.45) is 0 Å². The predicted octanol–water partition coefficient (Wildman–Crippen LogP) is 2.15. The summed E-state index contributed by atoms with van der Waals surface area (Å²) in [5.74, 6) is -1.16. The van der Waals surface area contributed by atoms with Crippen LogP contribution in [0.3, 0.4) is 0 Å². The molecule has 1 N–H and O–H groups in total. The molecule has 0 heterocycles. The second-order valence-corrected chi connectivity index (χ2v) is 9.04. The van der Waals surface area contributed by atoms with Crippen LogP contribution in [0.15, 0.2) is 48.5 Å². The number of hydrogen-bond acceptors (Lipinski definition) is 5. The number of amides is 2. The fourth-order valence-corrected chi connectivity index (χ4v) is 4.11. The van der Waals surface area contributed by atoms with Crippen molar-refractivity contribution in [2.75, 3.05) is 31.3 Å². The highest BCUT2D eigenvalue weighted by Gasteiger charge is 2.32. The molecule has 0 fully saturated rings. The number of sulfonamides is 1. The molecule has 10 heteroatoms. The van der Waals surface area contributed by atoms with Crippen molar-refractivity contribution in [3.63, 3.8) is 0 Å². The summed E-state index contributed by atoms with van der Waals surface area (Å²) >= 11 is 0. The lowest BCUT2D eigenvalue weighted by atomic mass is 10.1. The topological polar surface area (TPSA) is 96.0 Å². The van der Waals surface area contributed by atoms with Crippen LogP contribution in [-0.4, -0.2) is 58.1 Å². The first-order valence-corrected chi connectivity index (χ1v) is 11.8. The minimum absolute atomic E-state index is 0.0592. The van der Waals surface area contributed by atoms with E-state index < -0.39 is 34.3 Å². The Balaban J connectivity index is 2.42. The second kappa shape index (κ2) is 10.9. The molecule has 0 saturated heterocycles. The summed E-state index contributed by atoms with van der Waals surface area (Å²) < 4.78 is 45.0. The van der Waals surface area contributed by atoms with E-state index in [1.165, 1.54) is 37.3 Å². The Kier molecular flexibility index (Phi) is 8.59. The smallest absolute Gasteiger partial charge is 0.244 e. The molecule has 0 aliphatic heterocycles. The number of ether oxygens (including phenoxy) is 1. The quantitative estimate of drug-likeness (QED) is 0.580. The number of carbonyl (C=O) groups excluding carboxylic acids is 2. The Morgan fingerprint density at radius 3 is 2.25 bits per heavy atom. The maximum absolute atomic E-state index is 14.3. The summed E-state index contributed by atoms with van der Waals surface area (Å²) in [7, 11) is -0.985. The van der Waals surface area contributed by atoms with Gasteiger partial charge in [0, 0.05) is 13.6 Å². The Morgan fingerprint density at radius 1 is 1.12 bits per heavy atom. The summed E-state index contributed by atoms with van der Waals surface area (Å²) in [4.78, 5) is 27.1. The van der Waals surface area contributed by atoms with E-state index in [9.17, 15) is 22.4 Å². The Bertz CT molecular complexity index is 1040. The molecular formula is C22H28FN3O5S. The van der Waals surface area contributed by atoms with Gasteiger partial charge in [0.1, 0.15) is 24.2 Å². The molecule has 0 saturated carbocycles. The molecule has 0 spiro atoms. The lowest BCUT2D eigenvalue weighted by Gasteiger charge is -2.32. The number of hydrogen-bond donors (Lipinski definition) is 1. The van der Waals surface area contributed by atoms with Crippen LogP contribution >= 0.6 is 0 Å². The monoisotopic (exact) mass is 465 g/mol. The van der Waals surface area contributed by atoms with Gasteiger partial charge in [0.05, 0.1) is 19.1 Å². The zero-order valence-corrected chi connectivity index (χ0v) is 19.4. The van der Waals surface area contributed by atoms with Crippen LogP contribution in [0.5, 0.6) is 5.75 Å². The van der Waals surface area contributed by atoms with Crippen molar-refractivity contribution in [3.05, 3.63) is 59.9 Å². The molecule has 8 nitrogen and oxygen atoms in total. The first-order chi connectivity index (χ1) is 15.1. The Hall–Kier alpha value is -3.14. The molecule has 1 atom stereocenters. The summed E-state index contributed by atoms with van der Waals surface area (Å²) in [5.41, 5.74) is 0.485. The van der Waals surface area contributed by atoms with Crippen LogP contribution < -0.4 is 14.4 Å². The SMILES string of the molecule is CC[C@@H](C(=O)NC)N(Cc1ccc(OC)cc1)C(=O)CN(c1ccccc1F)S(C)(=O)=O. The third kappa shape index (κ3) is 6.19. The molecule has 2 aromatic rings. The minimum Gasteiger partial charge on any atom is -0.497 e. The minimum atomic E-state index is -3.98. The van der Waals surface area contributed by atoms with Crippen molar-refractivity contribution >= 4 is 27.5 Å². The third-order valence-electron chi connectivity index (χ3n) is 4.94. The van der Waals surface area contributed by atoms with Crippen LogP contribution in [0.1, 0.15) is 18.9 Å². The zero-order valence-electron chi connectivity index (χ0n) is 18.5. The Labute approximate surface area is 188 Å². The highest BCUT2D eigenvalue weighted by molar-refractivity contribution is 7.92. The molecule has 0 aliphatic carbocycles. The summed E-state index contributed by atoms with van der Waals surface area (Å²) in [6.45, 7) is 1.16. The highest BCUT2D eigenvalue weighted by atomic mass is 32.2. The van der Waals surface area contributed by atoms with Crippen LogP contribution in [0.4, 0.5) is 10.1 Å². The number of halogens is 1. The van der Waals surface area contributed by atoms with Crippen LogP contribution in [0.25, 0.3) is 0 Å². The molecule has 32 heavy (non-hydrogen) atoms. The maximum atomic E-state index is 14.3. The number of benzene rings is 2. The number of para-hydroxylation sites is 1. The van der Waals surface area contributed by atoms with E-state index in [1.54, 1.807) is 31.2 Å². The van der Waals surface area contributed by atoms with Gasteiger partial charge < -0.3 is 15.0 Å². The number of likely N-dealkylation sites (N-methyl/N-ethyl adjacent to an activating group) is 1. The highest BCUT2D eigenvalue weighted by Crippen LogP contribution is 2.23. The summed E-state index contributed by atoms with van der Waals surface area (Å²) in [6.07, 6.45) is 1.21. The average molecular weight is 466 g/mol. The number of methoxy groups -OCH3 is 1. The summed E-state index contributed by atoms with van der Waals surface area (Å²) in [6, 6.07) is 11.4. The van der Waals surface area contributed by atoms with E-state index in [0.29, 0.717) is 16.5 Å². The van der Waals surface area contributed by atoms with E-state index in [0.717, 1.165) is 17.9 Å². The van der Waals surface area contributed by atoms with Gasteiger partial charge in [0.15, 0.2) is 0 Å². The molecule has 0 unspecified atom stereocenters. The van der Waals surface area contributed by atoms with Gasteiger partial charge in [-0.2, -0.15) is 0 Å². The first-order valence-electron chi connectivity index (χ1n) is 9.98. The molecule has 0 aromatic heterocycles. The van der Waals surface area contributed by atoms with Gasteiger partial charge >= 0.3 is 0 Å². The molecule has 2 aromatic carbocycles. The fourth-order valence-electron chi connectivity index (χ4n) is 3.26. The lowest BCUT2D eigenvalue weighted by molar-refractivity contribution is -0.140. The van der Waals surface area contributed by atoms with Gasteiger partial charge in [0.25, 0.3) is 0 Å². The number of anilines is 1. The van der Waals surface area contributed by atoms with Crippen molar-refractivity contribution in [2.45, 2.75) is 25.9 Å². The number of nitrogens with zero attached hydrogens (tertiary/aromatic N) is 2. The number of nitrogens with one attached hydrogen (secondary N) is 1. The number of rotatable bonds is 10. The first kappa shape index (κ1) is 25.1. The van der Waals surface area contributed by atoms with Crippen molar-refractivity contribution in [1.82, 2.24) is 10.2 Å². The van der Waals surface area contributed by atoms with Crippen LogP contribution in [-0.2, 0) is 26.2 Å². The average Bonchev–Trinajstić information content (AvgIpc) is 2.77. The van der Waals surface area contributed by atoms with Gasteiger partial charge in [0.2, 0.25) is 21.8 Å². The molecule has 174 valence electrons. The third-order valence-corrected chi connectivity index (χ3v) is 6.07. The van der Waals surface area contributed by atoms with E-state index in [1.807, 2.05) is 0 Å². The number of carbonyl (C=O) groups is 2. The maximum Gasteiger partial charge on any atom is 0.244 e. The molecule has 0 bridgehead atoms. The van der Waals surface area contributed by atoms with Gasteiger partial charge in [-0.3, -0.25) is 13.9 Å². The zero-order chi connectivity index (χ0) is 23.9. The van der Waals surface area contributed by atoms with Gasteiger partial charge in [-0.15, -0.1) is 0 Å². The molecule has 2 rings (SSSR count). The molecule has 0 aliphatic rings. The largest absolute Gasteiger partial charge is 0.497 e. The van der Waals surface area contributed by atoms with E-state index in [-0.39, 0.29) is 18.1 Å². The fraction of sp³-hybridized carbons (Fsp3) is 0.364. The van der Waals surface area contributed by atoms with E-state index in [2.05, 4.69) is 5.32 Å². The Morgan fingerprint density at radius 2 is 1.75 bits per heavy atom. The van der Waals surface area contributed by atoms with Crippen molar-refractivity contribution in [3.8, 4) is 5.75 Å². The van der Waals surface area contributed by atoms with Crippen LogP contribution in [0.2, 0.25) is 0 Å².